The van der Waals surface area contributed by atoms with E-state index >= 15 is 0 Å². The molecule has 0 bridgehead atoms. The van der Waals surface area contributed by atoms with Crippen LogP contribution < -0.4 is 0 Å². The summed E-state index contributed by atoms with van der Waals surface area (Å²) in [6.45, 7) is 2.83. The second kappa shape index (κ2) is 2.08. The van der Waals surface area contributed by atoms with E-state index < -0.39 is 11.4 Å². The molecule has 0 radical (unpaired) electrons. The third-order valence-electron chi connectivity index (χ3n) is 0.390. The molecule has 0 N–H and O–H groups in total. The summed E-state index contributed by atoms with van der Waals surface area (Å²) in [5.41, 5.74) is 0. The highest BCUT2D eigenvalue weighted by atomic mass is 19.4. The maximum Gasteiger partial charge on any atom is 0.0674 e. The van der Waals surface area contributed by atoms with E-state index in [2.05, 4.69) is 0 Å². The van der Waals surface area contributed by atoms with Crippen molar-refractivity contribution in [1.82, 2.24) is 5.34 Å². The van der Waals surface area contributed by atoms with Crippen molar-refractivity contribution in [2.45, 2.75) is 19.9 Å². The van der Waals surface area contributed by atoms with Crippen LogP contribution in [-0.2, 0) is 0 Å². The Morgan fingerprint density at radius 3 is 1.50 bits per heavy atom. The summed E-state index contributed by atoms with van der Waals surface area (Å²) in [7, 11) is 0. The Hall–Kier alpha value is -0.180. The molecule has 0 aliphatic carbocycles. The summed E-state index contributed by atoms with van der Waals surface area (Å²) in [6, 6.07) is -0.648. The fourth-order valence-electron chi connectivity index (χ4n) is 0. The molecule has 0 aromatic rings. The average molecular weight is 95.1 g/mol. The third-order valence-corrected chi connectivity index (χ3v) is 0.390. The predicted octanol–water partition coefficient (Wildman–Crippen LogP) is 1.47. The Balaban J connectivity index is 2.99. The first kappa shape index (κ1) is 5.82. The van der Waals surface area contributed by atoms with E-state index in [-0.39, 0.29) is 0 Å². The molecule has 0 atom stereocenters. The van der Waals surface area contributed by atoms with Gasteiger partial charge in [-0.15, -0.1) is 8.96 Å². The maximum atomic E-state index is 11.0. The molecular weight excluding hydrogens is 88.0 g/mol. The molecule has 38 valence electrons. The summed E-state index contributed by atoms with van der Waals surface area (Å²) in [6.07, 6.45) is 0. The molecule has 0 aliphatic heterocycles. The fourth-order valence-corrected chi connectivity index (χ4v) is 0. The number of hydrogen-bond acceptors (Lipinski definition) is 1. The Morgan fingerprint density at radius 1 is 1.33 bits per heavy atom. The Kier molecular flexibility index (Phi) is 2.01. The molecule has 0 saturated heterocycles. The van der Waals surface area contributed by atoms with Gasteiger partial charge in [0.2, 0.25) is 0 Å². The minimum atomic E-state index is -0.833. The molecule has 0 saturated carbocycles. The number of nitrogens with zero attached hydrogens (tertiary/aromatic N) is 1. The first-order valence-corrected chi connectivity index (χ1v) is 1.75. The topological polar surface area (TPSA) is 3.24 Å². The van der Waals surface area contributed by atoms with Crippen molar-refractivity contribution in [1.29, 1.82) is 0 Å². The zero-order valence-electron chi connectivity index (χ0n) is 3.78. The van der Waals surface area contributed by atoms with Crippen LogP contribution in [0.5, 0.6) is 0 Å². The molecule has 6 heavy (non-hydrogen) atoms. The van der Waals surface area contributed by atoms with Crippen LogP contribution >= 0.6 is 0 Å². The van der Waals surface area contributed by atoms with E-state index in [1.54, 1.807) is 0 Å². The lowest BCUT2D eigenvalue weighted by Gasteiger charge is -1.99. The standard InChI is InChI=1S/C3H7F2N/c1-3(2)6(4)5/h3H,1-2H3. The van der Waals surface area contributed by atoms with Crippen LogP contribution in [-0.4, -0.2) is 11.4 Å². The SMILES string of the molecule is CC(C)N(F)F. The lowest BCUT2D eigenvalue weighted by molar-refractivity contribution is -0.177. The van der Waals surface area contributed by atoms with Gasteiger partial charge in [-0.25, -0.2) is 0 Å². The monoisotopic (exact) mass is 95.1 g/mol. The van der Waals surface area contributed by atoms with Gasteiger partial charge >= 0.3 is 0 Å². The van der Waals surface area contributed by atoms with E-state index in [1.807, 2.05) is 0 Å². The van der Waals surface area contributed by atoms with Crippen LogP contribution in [0.25, 0.3) is 0 Å². The molecule has 0 heterocycles. The minimum absolute atomic E-state index is 0.648. The largest absolute Gasteiger partial charge is 0.101 e. The maximum absolute atomic E-state index is 11.0. The van der Waals surface area contributed by atoms with Crippen molar-refractivity contribution in [3.8, 4) is 0 Å². The van der Waals surface area contributed by atoms with Crippen molar-refractivity contribution in [2.75, 3.05) is 0 Å². The zero-order valence-corrected chi connectivity index (χ0v) is 3.78. The molecule has 3 heteroatoms. The number of hydrogen-bond donors (Lipinski definition) is 0. The molecule has 0 unspecified atom stereocenters. The Morgan fingerprint density at radius 2 is 1.50 bits per heavy atom. The van der Waals surface area contributed by atoms with E-state index in [1.165, 1.54) is 13.8 Å². The highest BCUT2D eigenvalue weighted by Gasteiger charge is 2.01. The van der Waals surface area contributed by atoms with Gasteiger partial charge in [0, 0.05) is 5.34 Å². The summed E-state index contributed by atoms with van der Waals surface area (Å²) in [5.74, 6) is 0. The minimum Gasteiger partial charge on any atom is -0.101 e. The quantitative estimate of drug-likeness (QED) is 0.446. The number of halogens is 2. The second-order valence-corrected chi connectivity index (χ2v) is 1.35. The van der Waals surface area contributed by atoms with Crippen molar-refractivity contribution < 1.29 is 8.96 Å². The second-order valence-electron chi connectivity index (χ2n) is 1.35. The van der Waals surface area contributed by atoms with Crippen LogP contribution in [0.2, 0.25) is 0 Å². The molecule has 0 aromatic heterocycles. The lowest BCUT2D eigenvalue weighted by Crippen LogP contribution is -2.10. The summed E-state index contributed by atoms with van der Waals surface area (Å²) >= 11 is 0. The van der Waals surface area contributed by atoms with Crippen molar-refractivity contribution in [3.63, 3.8) is 0 Å². The Bertz CT molecular complexity index is 29.8. The summed E-state index contributed by atoms with van der Waals surface area (Å²) < 4.78 is 22.0. The Labute approximate surface area is 35.4 Å². The molecule has 0 fully saturated rings. The van der Waals surface area contributed by atoms with Crippen LogP contribution in [0.4, 0.5) is 8.96 Å². The van der Waals surface area contributed by atoms with Gasteiger partial charge < -0.3 is 0 Å². The van der Waals surface area contributed by atoms with E-state index in [4.69, 9.17) is 0 Å². The zero-order chi connectivity index (χ0) is 5.15. The van der Waals surface area contributed by atoms with E-state index in [0.717, 1.165) is 0 Å². The normalized spacial score (nSPS) is 11.0. The van der Waals surface area contributed by atoms with Crippen LogP contribution in [0.3, 0.4) is 0 Å². The van der Waals surface area contributed by atoms with Crippen molar-refractivity contribution in [3.05, 3.63) is 0 Å². The molecule has 0 aromatic carbocycles. The van der Waals surface area contributed by atoms with Crippen molar-refractivity contribution >= 4 is 0 Å². The van der Waals surface area contributed by atoms with Gasteiger partial charge in [-0.05, 0) is 13.8 Å². The summed E-state index contributed by atoms with van der Waals surface area (Å²) in [5, 5.41) is -0.833. The van der Waals surface area contributed by atoms with E-state index in [9.17, 15) is 8.96 Å². The fraction of sp³-hybridized carbons (Fsp3) is 1.00. The predicted molar refractivity (Wildman–Crippen MR) is 19.2 cm³/mol. The van der Waals surface area contributed by atoms with Crippen LogP contribution in [0.1, 0.15) is 13.8 Å². The van der Waals surface area contributed by atoms with Crippen LogP contribution in [0.15, 0.2) is 0 Å². The number of rotatable bonds is 1. The lowest BCUT2D eigenvalue weighted by atomic mass is 10.4. The van der Waals surface area contributed by atoms with Gasteiger partial charge in [0.1, 0.15) is 0 Å². The first-order chi connectivity index (χ1) is 2.64. The summed E-state index contributed by atoms with van der Waals surface area (Å²) in [4.78, 5) is 0. The van der Waals surface area contributed by atoms with Gasteiger partial charge in [-0.2, -0.15) is 0 Å². The molecular formula is C3H7F2N. The van der Waals surface area contributed by atoms with E-state index in [0.29, 0.717) is 0 Å². The van der Waals surface area contributed by atoms with Gasteiger partial charge in [-0.1, -0.05) is 0 Å². The average Bonchev–Trinajstić information content (AvgIpc) is 1.36. The third kappa shape index (κ3) is 2.08. The molecule has 0 amide bonds. The first-order valence-electron chi connectivity index (χ1n) is 1.75. The van der Waals surface area contributed by atoms with Crippen molar-refractivity contribution in [2.24, 2.45) is 0 Å². The molecule has 0 rings (SSSR count). The smallest absolute Gasteiger partial charge is 0.0674 e. The highest BCUT2D eigenvalue weighted by Crippen LogP contribution is 1.95. The van der Waals surface area contributed by atoms with Gasteiger partial charge in [0.05, 0.1) is 6.04 Å². The highest BCUT2D eigenvalue weighted by molar-refractivity contribution is 4.35. The molecule has 0 aliphatic rings. The van der Waals surface area contributed by atoms with Crippen LogP contribution in [0, 0.1) is 0 Å². The van der Waals surface area contributed by atoms with Gasteiger partial charge in [0.15, 0.2) is 0 Å². The van der Waals surface area contributed by atoms with Gasteiger partial charge in [-0.3, -0.25) is 0 Å². The molecule has 1 nitrogen and oxygen atoms in total. The van der Waals surface area contributed by atoms with Gasteiger partial charge in [0.25, 0.3) is 0 Å². The molecule has 0 spiro atoms.